The number of nitrogens with zero attached hydrogens (tertiary/aromatic N) is 1. The third kappa shape index (κ3) is 3.58. The van der Waals surface area contributed by atoms with E-state index in [1.165, 1.54) is 0 Å². The van der Waals surface area contributed by atoms with Gasteiger partial charge in [0.15, 0.2) is 0 Å². The van der Waals surface area contributed by atoms with Crippen molar-refractivity contribution in [3.63, 3.8) is 0 Å². The summed E-state index contributed by atoms with van der Waals surface area (Å²) >= 11 is 0. The van der Waals surface area contributed by atoms with Gasteiger partial charge in [-0.15, -0.1) is 0 Å². The van der Waals surface area contributed by atoms with E-state index < -0.39 is 6.16 Å². The van der Waals surface area contributed by atoms with Gasteiger partial charge in [-0.2, -0.15) is 0 Å². The molecule has 4 rings (SSSR count). The number of aromatic nitrogens is 1. The van der Waals surface area contributed by atoms with Crippen molar-refractivity contribution in [1.29, 1.82) is 0 Å². The van der Waals surface area contributed by atoms with E-state index >= 15 is 0 Å². The molecule has 0 fully saturated rings. The Bertz CT molecular complexity index is 1090. The predicted octanol–water partition coefficient (Wildman–Crippen LogP) is 5.32. The highest BCUT2D eigenvalue weighted by Crippen LogP contribution is 2.27. The molecule has 0 radical (unpaired) electrons. The van der Waals surface area contributed by atoms with Crippen molar-refractivity contribution in [3.05, 3.63) is 72.8 Å². The first-order chi connectivity index (χ1) is 13.2. The van der Waals surface area contributed by atoms with E-state index in [0.717, 1.165) is 33.8 Å². The Morgan fingerprint density at radius 2 is 1.67 bits per heavy atom. The maximum atomic E-state index is 11.0. The van der Waals surface area contributed by atoms with Crippen LogP contribution in [0.2, 0.25) is 0 Å². The molecule has 1 N–H and O–H groups in total. The van der Waals surface area contributed by atoms with Gasteiger partial charge in [-0.25, -0.2) is 4.79 Å². The summed E-state index contributed by atoms with van der Waals surface area (Å²) in [7, 11) is 0. The van der Waals surface area contributed by atoms with E-state index in [2.05, 4.69) is 12.1 Å². The number of hydrogen-bond acceptors (Lipinski definition) is 3. The van der Waals surface area contributed by atoms with Gasteiger partial charge in [0.05, 0.1) is 12.1 Å². The van der Waals surface area contributed by atoms with Gasteiger partial charge in [-0.05, 0) is 23.9 Å². The lowest BCUT2D eigenvalue weighted by atomic mass is 10.1. The van der Waals surface area contributed by atoms with Gasteiger partial charge in [0, 0.05) is 23.4 Å². The zero-order valence-electron chi connectivity index (χ0n) is 14.7. The second-order valence-corrected chi connectivity index (χ2v) is 6.24. The summed E-state index contributed by atoms with van der Waals surface area (Å²) in [5, 5.41) is 12.2. The first-order valence-corrected chi connectivity index (χ1v) is 8.82. The number of hydrogen-bond donors (Lipinski definition) is 1. The molecule has 0 amide bonds. The molecule has 0 aliphatic heterocycles. The van der Waals surface area contributed by atoms with Crippen LogP contribution in [-0.2, 0) is 6.54 Å². The largest absolute Gasteiger partial charge is 0.512 e. The second-order valence-electron chi connectivity index (χ2n) is 6.24. The van der Waals surface area contributed by atoms with E-state index in [9.17, 15) is 4.79 Å². The molecule has 0 bridgehead atoms. The van der Waals surface area contributed by atoms with E-state index in [4.69, 9.17) is 14.6 Å². The SMILES string of the molecule is O=C(O)Oc1cc2ccccc2n1CCCOc1cccc2ccccc12. The maximum Gasteiger partial charge on any atom is 0.512 e. The minimum atomic E-state index is -1.31. The van der Waals surface area contributed by atoms with E-state index in [0.29, 0.717) is 19.0 Å². The Balaban J connectivity index is 1.48. The van der Waals surface area contributed by atoms with Crippen molar-refractivity contribution in [3.8, 4) is 11.6 Å². The van der Waals surface area contributed by atoms with Gasteiger partial charge in [0.2, 0.25) is 5.88 Å². The molecule has 0 spiro atoms. The Labute approximate surface area is 156 Å². The lowest BCUT2D eigenvalue weighted by molar-refractivity contribution is 0.140. The van der Waals surface area contributed by atoms with Crippen molar-refractivity contribution >= 4 is 27.8 Å². The number of benzene rings is 3. The standard InChI is InChI=1S/C22H19NO4/c24-22(25)27-21-15-17-8-2-4-11-19(17)23(21)13-6-14-26-20-12-5-9-16-7-1-3-10-18(16)20/h1-5,7-12,15H,6,13-14H2,(H,24,25). The monoisotopic (exact) mass is 361 g/mol. The number of carboxylic acid groups (broad SMARTS) is 1. The van der Waals surface area contributed by atoms with Gasteiger partial charge in [0.25, 0.3) is 0 Å². The molecule has 1 aromatic heterocycles. The molecule has 27 heavy (non-hydrogen) atoms. The Hall–Kier alpha value is -3.47. The number of carbonyl (C=O) groups is 1. The van der Waals surface area contributed by atoms with Crippen LogP contribution in [0.25, 0.3) is 21.7 Å². The summed E-state index contributed by atoms with van der Waals surface area (Å²) < 4.78 is 12.8. The number of fused-ring (bicyclic) bond motifs is 2. The topological polar surface area (TPSA) is 60.7 Å². The molecule has 0 atom stereocenters. The van der Waals surface area contributed by atoms with Crippen LogP contribution in [0.4, 0.5) is 4.79 Å². The molecule has 5 heteroatoms. The summed E-state index contributed by atoms with van der Waals surface area (Å²) in [6.07, 6.45) is -0.594. The summed E-state index contributed by atoms with van der Waals surface area (Å²) in [5.41, 5.74) is 0.943. The summed E-state index contributed by atoms with van der Waals surface area (Å²) in [4.78, 5) is 11.0. The van der Waals surface area contributed by atoms with Gasteiger partial charge >= 0.3 is 6.16 Å². The number of para-hydroxylation sites is 1. The highest BCUT2D eigenvalue weighted by Gasteiger charge is 2.12. The number of ether oxygens (including phenoxy) is 2. The van der Waals surface area contributed by atoms with E-state index in [1.807, 2.05) is 59.2 Å². The highest BCUT2D eigenvalue weighted by molar-refractivity contribution is 5.88. The molecule has 5 nitrogen and oxygen atoms in total. The molecule has 0 unspecified atom stereocenters. The molecule has 1 heterocycles. The molecule has 4 aromatic rings. The quantitative estimate of drug-likeness (QED) is 0.373. The van der Waals surface area contributed by atoms with Crippen molar-refractivity contribution < 1.29 is 19.4 Å². The highest BCUT2D eigenvalue weighted by atomic mass is 16.7. The lowest BCUT2D eigenvalue weighted by Crippen LogP contribution is -2.10. The molecule has 0 saturated heterocycles. The normalized spacial score (nSPS) is 11.0. The smallest absolute Gasteiger partial charge is 0.493 e. The van der Waals surface area contributed by atoms with E-state index in [-0.39, 0.29) is 0 Å². The first-order valence-electron chi connectivity index (χ1n) is 8.82. The number of rotatable bonds is 6. The van der Waals surface area contributed by atoms with Crippen LogP contribution in [0.5, 0.6) is 11.6 Å². The average molecular weight is 361 g/mol. The fraction of sp³-hybridized carbons (Fsp3) is 0.136. The minimum Gasteiger partial charge on any atom is -0.493 e. The first kappa shape index (κ1) is 17.0. The molecule has 0 aliphatic carbocycles. The fourth-order valence-corrected chi connectivity index (χ4v) is 3.32. The summed E-state index contributed by atoms with van der Waals surface area (Å²) in [6.45, 7) is 1.12. The van der Waals surface area contributed by atoms with Crippen molar-refractivity contribution in [2.45, 2.75) is 13.0 Å². The summed E-state index contributed by atoms with van der Waals surface area (Å²) in [5.74, 6) is 1.18. The second kappa shape index (κ2) is 7.41. The van der Waals surface area contributed by atoms with Gasteiger partial charge in [-0.1, -0.05) is 54.6 Å². The lowest BCUT2D eigenvalue weighted by Gasteiger charge is -2.12. The maximum absolute atomic E-state index is 11.0. The van der Waals surface area contributed by atoms with Crippen LogP contribution in [0.1, 0.15) is 6.42 Å². The van der Waals surface area contributed by atoms with Crippen LogP contribution in [-0.4, -0.2) is 22.4 Å². The zero-order valence-corrected chi connectivity index (χ0v) is 14.7. The van der Waals surface area contributed by atoms with E-state index in [1.54, 1.807) is 6.07 Å². The van der Waals surface area contributed by atoms with Crippen LogP contribution < -0.4 is 9.47 Å². The van der Waals surface area contributed by atoms with Gasteiger partial charge < -0.3 is 19.1 Å². The van der Waals surface area contributed by atoms with Crippen molar-refractivity contribution in [1.82, 2.24) is 4.57 Å². The third-order valence-electron chi connectivity index (χ3n) is 4.50. The predicted molar refractivity (Wildman–Crippen MR) is 105 cm³/mol. The van der Waals surface area contributed by atoms with Crippen LogP contribution in [0, 0.1) is 0 Å². The zero-order chi connectivity index (χ0) is 18.6. The van der Waals surface area contributed by atoms with Crippen molar-refractivity contribution in [2.24, 2.45) is 0 Å². The summed E-state index contributed by atoms with van der Waals surface area (Å²) in [6, 6.07) is 23.6. The Morgan fingerprint density at radius 1 is 0.926 bits per heavy atom. The van der Waals surface area contributed by atoms with Crippen LogP contribution in [0.15, 0.2) is 72.8 Å². The molecule has 0 aliphatic rings. The Kier molecular flexibility index (Phi) is 4.66. The van der Waals surface area contributed by atoms with Crippen molar-refractivity contribution in [2.75, 3.05) is 6.61 Å². The van der Waals surface area contributed by atoms with Gasteiger partial charge in [-0.3, -0.25) is 0 Å². The molecule has 136 valence electrons. The average Bonchev–Trinajstić information content (AvgIpc) is 3.01. The Morgan fingerprint density at radius 3 is 2.52 bits per heavy atom. The molecular formula is C22H19NO4. The molecular weight excluding hydrogens is 342 g/mol. The molecule has 0 saturated carbocycles. The third-order valence-corrected chi connectivity index (χ3v) is 4.50. The van der Waals surface area contributed by atoms with Crippen LogP contribution >= 0.6 is 0 Å². The molecule has 3 aromatic carbocycles. The number of aryl methyl sites for hydroxylation is 1. The minimum absolute atomic E-state index is 0.328. The fourth-order valence-electron chi connectivity index (χ4n) is 3.32. The van der Waals surface area contributed by atoms with Gasteiger partial charge in [0.1, 0.15) is 5.75 Å². The van der Waals surface area contributed by atoms with Crippen LogP contribution in [0.3, 0.4) is 0 Å².